The molecule has 0 spiro atoms. The number of primary sulfonamides is 1. The summed E-state index contributed by atoms with van der Waals surface area (Å²) in [6.07, 6.45) is 0.0245. The molecule has 0 aliphatic carbocycles. The van der Waals surface area contributed by atoms with Crippen LogP contribution in [0.15, 0.2) is 83.8 Å². The summed E-state index contributed by atoms with van der Waals surface area (Å²) in [6, 6.07) is 22.9. The minimum absolute atomic E-state index is 0.000632. The van der Waals surface area contributed by atoms with E-state index in [1.165, 1.54) is 12.1 Å². The fraction of sp³-hybridized carbons (Fsp3) is 0.250. The second kappa shape index (κ2) is 11.8. The van der Waals surface area contributed by atoms with Crippen LogP contribution in [0.4, 0.5) is 0 Å². The predicted octanol–water partition coefficient (Wildman–Crippen LogP) is 3.00. The van der Waals surface area contributed by atoms with Gasteiger partial charge in [-0.3, -0.25) is 0 Å². The van der Waals surface area contributed by atoms with E-state index in [-0.39, 0.29) is 29.8 Å². The van der Waals surface area contributed by atoms with Gasteiger partial charge in [0.25, 0.3) is 0 Å². The van der Waals surface area contributed by atoms with Crippen molar-refractivity contribution in [1.82, 2.24) is 9.88 Å². The number of para-hydroxylation sites is 1. The monoisotopic (exact) mass is 537 g/mol. The smallest absolute Gasteiger partial charge is 0.352 e. The SMILES string of the molecule is CC(Cc1ccc2c(c1)cc(C(=O)O)n2Cc1ccc(S(N)(=O)=O)cc1)NCC(O)COc1ccccc1. The summed E-state index contributed by atoms with van der Waals surface area (Å²) in [5.74, 6) is -0.341. The minimum Gasteiger partial charge on any atom is -0.491 e. The molecular formula is C28H31N3O6S. The standard InChI is InChI=1S/C28H31N3O6S/c1-19(30-16-23(32)18-37-24-5-3-2-4-6-24)13-21-9-12-26-22(14-21)15-27(28(33)34)31(26)17-20-7-10-25(11-8-20)38(29,35)36/h2-12,14-15,19,23,30,32H,13,16-18H2,1H3,(H,33,34)(H2,29,35,36). The van der Waals surface area contributed by atoms with E-state index in [0.717, 1.165) is 22.0 Å². The van der Waals surface area contributed by atoms with Crippen LogP contribution < -0.4 is 15.2 Å². The van der Waals surface area contributed by atoms with Crippen LogP contribution in [0.1, 0.15) is 28.5 Å². The first-order chi connectivity index (χ1) is 18.1. The van der Waals surface area contributed by atoms with Gasteiger partial charge in [0.15, 0.2) is 0 Å². The van der Waals surface area contributed by atoms with E-state index in [1.54, 1.807) is 22.8 Å². The third-order valence-corrected chi connectivity index (χ3v) is 7.14. The maximum absolute atomic E-state index is 12.0. The zero-order valence-corrected chi connectivity index (χ0v) is 21.8. The molecule has 0 fully saturated rings. The molecule has 3 aromatic carbocycles. The maximum Gasteiger partial charge on any atom is 0.352 e. The lowest BCUT2D eigenvalue weighted by Crippen LogP contribution is -2.37. The zero-order valence-electron chi connectivity index (χ0n) is 20.9. The number of nitrogens with one attached hydrogen (secondary N) is 1. The lowest BCUT2D eigenvalue weighted by molar-refractivity contribution is 0.0686. The Kier molecular flexibility index (Phi) is 8.48. The summed E-state index contributed by atoms with van der Waals surface area (Å²) in [6.45, 7) is 2.84. The van der Waals surface area contributed by atoms with Gasteiger partial charge in [0.1, 0.15) is 24.2 Å². The molecule has 2 unspecified atom stereocenters. The molecule has 0 aliphatic heterocycles. The average Bonchev–Trinajstić information content (AvgIpc) is 3.24. The number of ether oxygens (including phenoxy) is 1. The number of nitrogens with two attached hydrogens (primary N) is 1. The van der Waals surface area contributed by atoms with Gasteiger partial charge in [-0.15, -0.1) is 0 Å². The molecule has 9 nitrogen and oxygen atoms in total. The van der Waals surface area contributed by atoms with Crippen molar-refractivity contribution in [2.24, 2.45) is 5.14 Å². The second-order valence-corrected chi connectivity index (χ2v) is 10.9. The van der Waals surface area contributed by atoms with Crippen molar-refractivity contribution in [3.8, 4) is 5.75 Å². The molecule has 1 heterocycles. The van der Waals surface area contributed by atoms with Crippen LogP contribution in [0.5, 0.6) is 5.75 Å². The number of carboxylic acid groups (broad SMARTS) is 1. The Hall–Kier alpha value is -3.70. The number of fused-ring (bicyclic) bond motifs is 1. The highest BCUT2D eigenvalue weighted by molar-refractivity contribution is 7.89. The largest absolute Gasteiger partial charge is 0.491 e. The van der Waals surface area contributed by atoms with Crippen LogP contribution >= 0.6 is 0 Å². The molecule has 0 aliphatic rings. The van der Waals surface area contributed by atoms with Gasteiger partial charge in [-0.1, -0.05) is 36.4 Å². The minimum atomic E-state index is -3.80. The summed E-state index contributed by atoms with van der Waals surface area (Å²) >= 11 is 0. The topological polar surface area (TPSA) is 144 Å². The van der Waals surface area contributed by atoms with Crippen molar-refractivity contribution in [3.05, 3.63) is 95.7 Å². The number of aromatic carboxylic acids is 1. The zero-order chi connectivity index (χ0) is 27.3. The second-order valence-electron chi connectivity index (χ2n) is 9.29. The number of hydrogen-bond donors (Lipinski definition) is 4. The van der Waals surface area contributed by atoms with Crippen molar-refractivity contribution < 1.29 is 28.2 Å². The molecule has 0 saturated heterocycles. The third kappa shape index (κ3) is 6.99. The number of carbonyl (C=O) groups is 1. The average molecular weight is 538 g/mol. The van der Waals surface area contributed by atoms with Crippen molar-refractivity contribution in [1.29, 1.82) is 0 Å². The van der Waals surface area contributed by atoms with E-state index in [9.17, 15) is 23.4 Å². The molecule has 2 atom stereocenters. The van der Waals surface area contributed by atoms with Crippen molar-refractivity contribution >= 4 is 26.9 Å². The van der Waals surface area contributed by atoms with Gasteiger partial charge in [-0.05, 0) is 66.9 Å². The third-order valence-electron chi connectivity index (χ3n) is 6.21. The first-order valence-corrected chi connectivity index (χ1v) is 13.7. The number of benzene rings is 3. The highest BCUT2D eigenvalue weighted by Gasteiger charge is 2.17. The maximum atomic E-state index is 12.0. The fourth-order valence-corrected chi connectivity index (χ4v) is 4.81. The van der Waals surface area contributed by atoms with E-state index >= 15 is 0 Å². The van der Waals surface area contributed by atoms with Gasteiger partial charge in [0, 0.05) is 30.0 Å². The molecule has 4 rings (SSSR count). The quantitative estimate of drug-likeness (QED) is 0.217. The summed E-state index contributed by atoms with van der Waals surface area (Å²) in [5.41, 5.74) is 2.67. The number of aliphatic hydroxyl groups is 1. The molecule has 5 N–H and O–H groups in total. The number of aromatic nitrogens is 1. The van der Waals surface area contributed by atoms with E-state index in [1.807, 2.05) is 55.5 Å². The van der Waals surface area contributed by atoms with Crippen molar-refractivity contribution in [3.63, 3.8) is 0 Å². The molecule has 38 heavy (non-hydrogen) atoms. The lowest BCUT2D eigenvalue weighted by atomic mass is 10.0. The Morgan fingerprint density at radius 2 is 1.71 bits per heavy atom. The van der Waals surface area contributed by atoms with E-state index in [0.29, 0.717) is 18.7 Å². The Balaban J connectivity index is 1.41. The van der Waals surface area contributed by atoms with Crippen LogP contribution in [0.2, 0.25) is 0 Å². The number of nitrogens with zero attached hydrogens (tertiary/aromatic N) is 1. The number of hydrogen-bond acceptors (Lipinski definition) is 6. The first kappa shape index (κ1) is 27.3. The molecule has 0 bridgehead atoms. The number of sulfonamides is 1. The summed E-state index contributed by atoms with van der Waals surface area (Å²) in [5, 5.41) is 29.3. The highest BCUT2D eigenvalue weighted by Crippen LogP contribution is 2.24. The van der Waals surface area contributed by atoms with Crippen LogP contribution in [-0.4, -0.2) is 54.5 Å². The predicted molar refractivity (Wildman–Crippen MR) is 145 cm³/mol. The van der Waals surface area contributed by atoms with Gasteiger partial charge in [-0.2, -0.15) is 0 Å². The van der Waals surface area contributed by atoms with Crippen LogP contribution in [0, 0.1) is 0 Å². The molecule has 1 aromatic heterocycles. The number of carboxylic acids is 1. The van der Waals surface area contributed by atoms with Gasteiger partial charge in [0.2, 0.25) is 10.0 Å². The molecule has 0 radical (unpaired) electrons. The molecule has 200 valence electrons. The van der Waals surface area contributed by atoms with E-state index < -0.39 is 22.1 Å². The number of aliphatic hydroxyl groups excluding tert-OH is 1. The summed E-state index contributed by atoms with van der Waals surface area (Å²) in [4.78, 5) is 12.0. The Labute approximate surface area is 221 Å². The van der Waals surface area contributed by atoms with Gasteiger partial charge < -0.3 is 24.8 Å². The Morgan fingerprint density at radius 3 is 2.37 bits per heavy atom. The Bertz CT molecular complexity index is 1500. The van der Waals surface area contributed by atoms with Crippen LogP contribution in [0.25, 0.3) is 10.9 Å². The number of rotatable bonds is 12. The molecule has 10 heteroatoms. The van der Waals surface area contributed by atoms with Gasteiger partial charge in [0.05, 0.1) is 4.90 Å². The lowest BCUT2D eigenvalue weighted by Gasteiger charge is -2.18. The molecule has 0 saturated carbocycles. The normalized spacial score (nSPS) is 13.3. The highest BCUT2D eigenvalue weighted by atomic mass is 32.2. The van der Waals surface area contributed by atoms with Gasteiger partial charge >= 0.3 is 5.97 Å². The van der Waals surface area contributed by atoms with Crippen molar-refractivity contribution in [2.75, 3.05) is 13.2 Å². The summed E-state index contributed by atoms with van der Waals surface area (Å²) in [7, 11) is -3.80. The fourth-order valence-electron chi connectivity index (χ4n) is 4.29. The van der Waals surface area contributed by atoms with E-state index in [4.69, 9.17) is 9.88 Å². The van der Waals surface area contributed by atoms with Gasteiger partial charge in [-0.25, -0.2) is 18.4 Å². The Morgan fingerprint density at radius 1 is 1.03 bits per heavy atom. The van der Waals surface area contributed by atoms with E-state index in [2.05, 4.69) is 5.32 Å². The molecular weight excluding hydrogens is 506 g/mol. The summed E-state index contributed by atoms with van der Waals surface area (Å²) < 4.78 is 30.3. The molecule has 4 aromatic rings. The first-order valence-electron chi connectivity index (χ1n) is 12.2. The molecule has 0 amide bonds. The van der Waals surface area contributed by atoms with Crippen LogP contribution in [0.3, 0.4) is 0 Å². The van der Waals surface area contributed by atoms with Crippen LogP contribution in [-0.2, 0) is 23.0 Å². The van der Waals surface area contributed by atoms with Crippen molar-refractivity contribution in [2.45, 2.75) is 36.9 Å².